The molecule has 0 heterocycles. The van der Waals surface area contributed by atoms with Crippen LogP contribution in [0.3, 0.4) is 0 Å². The highest BCUT2D eigenvalue weighted by atomic mass is 16.4. The summed E-state index contributed by atoms with van der Waals surface area (Å²) in [6, 6.07) is 6.14. The van der Waals surface area contributed by atoms with E-state index in [-0.39, 0.29) is 11.8 Å². The van der Waals surface area contributed by atoms with Gasteiger partial charge in [-0.2, -0.15) is 0 Å². The molecule has 1 aromatic carbocycles. The largest absolute Gasteiger partial charge is 0.508 e. The summed E-state index contributed by atoms with van der Waals surface area (Å²) in [4.78, 5) is 19.1. The van der Waals surface area contributed by atoms with E-state index in [0.29, 0.717) is 17.7 Å². The van der Waals surface area contributed by atoms with Gasteiger partial charge in [-0.15, -0.1) is 0 Å². The van der Waals surface area contributed by atoms with Crippen molar-refractivity contribution in [2.75, 3.05) is 0 Å². The Morgan fingerprint density at radius 1 is 1.20 bits per heavy atom. The van der Waals surface area contributed by atoms with E-state index in [1.807, 2.05) is 0 Å². The van der Waals surface area contributed by atoms with Gasteiger partial charge in [0.15, 0.2) is 0 Å². The van der Waals surface area contributed by atoms with Crippen molar-refractivity contribution < 1.29 is 30.0 Å². The molecule has 0 bridgehead atoms. The van der Waals surface area contributed by atoms with E-state index in [0.717, 1.165) is 0 Å². The van der Waals surface area contributed by atoms with Crippen LogP contribution in [0.1, 0.15) is 18.6 Å². The van der Waals surface area contributed by atoms with Crippen molar-refractivity contribution in [3.8, 4) is 5.75 Å². The van der Waals surface area contributed by atoms with Crippen molar-refractivity contribution in [2.45, 2.75) is 19.1 Å². The van der Waals surface area contributed by atoms with Gasteiger partial charge in [0, 0.05) is 18.2 Å². The highest BCUT2D eigenvalue weighted by Gasteiger charge is 2.11. The number of phenolic OH excluding ortho intramolecular Hbond substituents is 1. The van der Waals surface area contributed by atoms with E-state index in [1.54, 1.807) is 25.1 Å². The molecule has 1 aromatic rings. The molecule has 0 saturated heterocycles. The quantitative estimate of drug-likeness (QED) is 0.506. The fourth-order valence-electron chi connectivity index (χ4n) is 1.15. The number of rotatable bonds is 4. The second-order valence-electron chi connectivity index (χ2n) is 3.91. The van der Waals surface area contributed by atoms with Crippen LogP contribution in [0, 0.1) is 0 Å². The molecule has 0 aliphatic heterocycles. The van der Waals surface area contributed by atoms with Crippen LogP contribution in [0.25, 0.3) is 0 Å². The molecule has 0 unspecified atom stereocenters. The zero-order chi connectivity index (χ0) is 15.7. The SMILES string of the molecule is C[C@@H](N)[C@H](O)c1cccc(O)c1.O=C(O)/C=C/C(=O)O. The number of carbonyl (C=O) groups is 2. The third-order valence-corrected chi connectivity index (χ3v) is 2.08. The minimum atomic E-state index is -1.26. The van der Waals surface area contributed by atoms with Crippen LogP contribution in [-0.2, 0) is 9.59 Å². The Kier molecular flexibility index (Phi) is 7.64. The maximum Gasteiger partial charge on any atom is 0.328 e. The molecule has 110 valence electrons. The maximum absolute atomic E-state index is 9.55. The lowest BCUT2D eigenvalue weighted by Crippen LogP contribution is -2.24. The Bertz CT molecular complexity index is 468. The first-order valence-electron chi connectivity index (χ1n) is 5.60. The van der Waals surface area contributed by atoms with E-state index in [4.69, 9.17) is 21.1 Å². The molecule has 6 N–H and O–H groups in total. The van der Waals surface area contributed by atoms with Crippen LogP contribution >= 0.6 is 0 Å². The topological polar surface area (TPSA) is 141 Å². The number of carboxylic acids is 2. The van der Waals surface area contributed by atoms with Crippen LogP contribution in [-0.4, -0.2) is 38.4 Å². The predicted molar refractivity (Wildman–Crippen MR) is 71.1 cm³/mol. The zero-order valence-corrected chi connectivity index (χ0v) is 10.8. The Balaban J connectivity index is 0.000000396. The van der Waals surface area contributed by atoms with E-state index in [9.17, 15) is 14.7 Å². The number of aliphatic carboxylic acids is 2. The number of hydrogen-bond donors (Lipinski definition) is 5. The van der Waals surface area contributed by atoms with E-state index in [1.165, 1.54) is 6.07 Å². The maximum atomic E-state index is 9.55. The number of aliphatic hydroxyl groups excluding tert-OH is 1. The molecule has 0 fully saturated rings. The predicted octanol–water partition coefficient (Wildman–Crippen LogP) is 0.485. The molecule has 20 heavy (non-hydrogen) atoms. The van der Waals surface area contributed by atoms with Crippen molar-refractivity contribution in [3.63, 3.8) is 0 Å². The minimum Gasteiger partial charge on any atom is -0.508 e. The molecule has 0 aliphatic carbocycles. The summed E-state index contributed by atoms with van der Waals surface area (Å²) in [6.45, 7) is 1.72. The molecule has 0 spiro atoms. The van der Waals surface area contributed by atoms with Crippen LogP contribution in [0.4, 0.5) is 0 Å². The third-order valence-electron chi connectivity index (χ3n) is 2.08. The van der Waals surface area contributed by atoms with Crippen molar-refractivity contribution in [1.29, 1.82) is 0 Å². The smallest absolute Gasteiger partial charge is 0.328 e. The minimum absolute atomic E-state index is 0.146. The van der Waals surface area contributed by atoms with Crippen molar-refractivity contribution in [1.82, 2.24) is 0 Å². The number of carboxylic acid groups (broad SMARTS) is 2. The molecule has 0 saturated carbocycles. The van der Waals surface area contributed by atoms with Crippen LogP contribution in [0.15, 0.2) is 36.4 Å². The van der Waals surface area contributed by atoms with Crippen LogP contribution in [0.5, 0.6) is 5.75 Å². The lowest BCUT2D eigenvalue weighted by molar-refractivity contribution is -0.134. The van der Waals surface area contributed by atoms with E-state index < -0.39 is 18.0 Å². The summed E-state index contributed by atoms with van der Waals surface area (Å²) in [5.74, 6) is -2.37. The van der Waals surface area contributed by atoms with Crippen molar-refractivity contribution >= 4 is 11.9 Å². The number of phenols is 1. The standard InChI is InChI=1S/C9H13NO2.C4H4O4/c1-6(10)9(12)7-3-2-4-8(11)5-7;5-3(6)1-2-4(7)8/h2-6,9,11-12H,10H2,1H3;1-2H,(H,5,6)(H,7,8)/b;2-1+/t6-,9+;/m1./s1. The van der Waals surface area contributed by atoms with Gasteiger partial charge in [0.25, 0.3) is 0 Å². The molecule has 1 rings (SSSR count). The fourth-order valence-corrected chi connectivity index (χ4v) is 1.15. The Morgan fingerprint density at radius 3 is 2.05 bits per heavy atom. The summed E-state index contributed by atoms with van der Waals surface area (Å²) in [6.07, 6.45) is 0.405. The summed E-state index contributed by atoms with van der Waals surface area (Å²) >= 11 is 0. The number of aromatic hydroxyl groups is 1. The van der Waals surface area contributed by atoms with Gasteiger partial charge in [-0.1, -0.05) is 12.1 Å². The second-order valence-corrected chi connectivity index (χ2v) is 3.91. The highest BCUT2D eigenvalue weighted by molar-refractivity contribution is 5.89. The number of benzene rings is 1. The summed E-state index contributed by atoms with van der Waals surface area (Å²) in [7, 11) is 0. The monoisotopic (exact) mass is 283 g/mol. The lowest BCUT2D eigenvalue weighted by Gasteiger charge is -2.14. The van der Waals surface area contributed by atoms with Gasteiger partial charge in [0.05, 0.1) is 6.10 Å². The zero-order valence-electron chi connectivity index (χ0n) is 10.8. The first kappa shape index (κ1) is 17.6. The fraction of sp³-hybridized carbons (Fsp3) is 0.231. The average Bonchev–Trinajstić information content (AvgIpc) is 2.36. The normalized spacial score (nSPS) is 13.2. The molecule has 0 radical (unpaired) electrons. The van der Waals surface area contributed by atoms with E-state index in [2.05, 4.69) is 0 Å². The molecule has 0 aromatic heterocycles. The van der Waals surface area contributed by atoms with E-state index >= 15 is 0 Å². The molecular weight excluding hydrogens is 266 g/mol. The van der Waals surface area contributed by atoms with Gasteiger partial charge in [-0.05, 0) is 24.6 Å². The Hall–Kier alpha value is -2.38. The van der Waals surface area contributed by atoms with Gasteiger partial charge in [-0.25, -0.2) is 9.59 Å². The van der Waals surface area contributed by atoms with Gasteiger partial charge >= 0.3 is 11.9 Å². The highest BCUT2D eigenvalue weighted by Crippen LogP contribution is 2.19. The molecule has 2 atom stereocenters. The summed E-state index contributed by atoms with van der Waals surface area (Å²) < 4.78 is 0. The first-order valence-corrected chi connectivity index (χ1v) is 5.60. The Labute approximate surface area is 115 Å². The first-order chi connectivity index (χ1) is 9.23. The van der Waals surface area contributed by atoms with Crippen molar-refractivity contribution in [3.05, 3.63) is 42.0 Å². The summed E-state index contributed by atoms with van der Waals surface area (Å²) in [5.41, 5.74) is 6.13. The number of aliphatic hydroxyl groups is 1. The molecule has 7 heteroatoms. The molecule has 0 amide bonds. The van der Waals surface area contributed by atoms with Gasteiger partial charge in [-0.3, -0.25) is 0 Å². The van der Waals surface area contributed by atoms with Gasteiger partial charge < -0.3 is 26.2 Å². The van der Waals surface area contributed by atoms with Gasteiger partial charge in [0.1, 0.15) is 5.75 Å². The number of nitrogens with two attached hydrogens (primary N) is 1. The van der Waals surface area contributed by atoms with Crippen LogP contribution in [0.2, 0.25) is 0 Å². The lowest BCUT2D eigenvalue weighted by atomic mass is 10.0. The van der Waals surface area contributed by atoms with Crippen LogP contribution < -0.4 is 5.73 Å². The number of hydrogen-bond acceptors (Lipinski definition) is 5. The third kappa shape index (κ3) is 7.85. The molecular formula is C13H17NO6. The van der Waals surface area contributed by atoms with Crippen molar-refractivity contribution in [2.24, 2.45) is 5.73 Å². The second kappa shape index (κ2) is 8.68. The average molecular weight is 283 g/mol. The van der Waals surface area contributed by atoms with Gasteiger partial charge in [0.2, 0.25) is 0 Å². The summed E-state index contributed by atoms with van der Waals surface area (Å²) in [5, 5.41) is 34.2. The molecule has 7 nitrogen and oxygen atoms in total. The Morgan fingerprint density at radius 2 is 1.70 bits per heavy atom. The molecule has 0 aliphatic rings.